The van der Waals surface area contributed by atoms with E-state index >= 15 is 0 Å². The zero-order valence-corrected chi connectivity index (χ0v) is 11.0. The van der Waals surface area contributed by atoms with Crippen molar-refractivity contribution in [3.8, 4) is 0 Å². The van der Waals surface area contributed by atoms with Crippen LogP contribution in [0.3, 0.4) is 0 Å². The quantitative estimate of drug-likeness (QED) is 0.761. The average molecular weight is 289 g/mol. The molecule has 0 saturated heterocycles. The Labute approximate surface area is 120 Å². The summed E-state index contributed by atoms with van der Waals surface area (Å²) < 4.78 is 26.7. The lowest BCUT2D eigenvalue weighted by atomic mass is 10.1. The van der Waals surface area contributed by atoms with Gasteiger partial charge in [-0.15, -0.1) is 0 Å². The Morgan fingerprint density at radius 3 is 2.86 bits per heavy atom. The van der Waals surface area contributed by atoms with Gasteiger partial charge in [0.2, 0.25) is 5.91 Å². The second-order valence-corrected chi connectivity index (χ2v) is 4.91. The summed E-state index contributed by atoms with van der Waals surface area (Å²) >= 11 is 0. The van der Waals surface area contributed by atoms with Crippen molar-refractivity contribution in [1.82, 2.24) is 0 Å². The minimum atomic E-state index is -0.498. The highest BCUT2D eigenvalue weighted by atomic mass is 19.1. The molecule has 108 valence electrons. The number of rotatable bonds is 3. The highest BCUT2D eigenvalue weighted by Gasteiger charge is 2.19. The van der Waals surface area contributed by atoms with E-state index in [-0.39, 0.29) is 18.0 Å². The predicted octanol–water partition coefficient (Wildman–Crippen LogP) is 2.65. The highest BCUT2D eigenvalue weighted by molar-refractivity contribution is 6.00. The summed E-state index contributed by atoms with van der Waals surface area (Å²) in [6.07, 6.45) is 0.304. The van der Waals surface area contributed by atoms with Gasteiger partial charge in [-0.2, -0.15) is 0 Å². The molecule has 1 aliphatic rings. The third-order valence-electron chi connectivity index (χ3n) is 3.38. The van der Waals surface area contributed by atoms with E-state index in [0.29, 0.717) is 23.5 Å². The molecule has 1 amide bonds. The number of carbonyl (C=O) groups excluding carboxylic acids is 1. The lowest BCUT2D eigenvalue weighted by Crippen LogP contribution is -2.06. The van der Waals surface area contributed by atoms with Crippen molar-refractivity contribution in [1.29, 1.82) is 0 Å². The molecule has 0 unspecified atom stereocenters. The predicted molar refractivity (Wildman–Crippen MR) is 76.9 cm³/mol. The minimum absolute atomic E-state index is 0.0854. The van der Waals surface area contributed by atoms with E-state index in [0.717, 1.165) is 23.8 Å². The first-order valence-electron chi connectivity index (χ1n) is 6.43. The van der Waals surface area contributed by atoms with Crippen molar-refractivity contribution < 1.29 is 13.6 Å². The van der Waals surface area contributed by atoms with Crippen molar-refractivity contribution in [2.24, 2.45) is 0 Å². The standard InChI is InChI=1S/C15H13F2N3O/c16-10-1-2-11(17)9(3-10)7-19-14-6-13-8(4-12(14)18)5-15(21)20-13/h1-4,6,19H,5,7,18H2,(H,20,21). The molecule has 6 heteroatoms. The van der Waals surface area contributed by atoms with Crippen LogP contribution in [-0.2, 0) is 17.8 Å². The SMILES string of the molecule is Nc1cc2c(cc1NCc1cc(F)ccc1F)NC(=O)C2. The summed E-state index contributed by atoms with van der Waals surface area (Å²) in [6.45, 7) is 0.0977. The first-order valence-corrected chi connectivity index (χ1v) is 6.43. The maximum Gasteiger partial charge on any atom is 0.228 e. The van der Waals surface area contributed by atoms with Crippen LogP contribution in [0.5, 0.6) is 0 Å². The number of benzene rings is 2. The lowest BCUT2D eigenvalue weighted by molar-refractivity contribution is -0.115. The fraction of sp³-hybridized carbons (Fsp3) is 0.133. The summed E-state index contributed by atoms with van der Waals surface area (Å²) in [5, 5.41) is 5.67. The Morgan fingerprint density at radius 1 is 1.24 bits per heavy atom. The fourth-order valence-electron chi connectivity index (χ4n) is 2.32. The van der Waals surface area contributed by atoms with Crippen LogP contribution < -0.4 is 16.4 Å². The van der Waals surface area contributed by atoms with E-state index < -0.39 is 11.6 Å². The largest absolute Gasteiger partial charge is 0.397 e. The van der Waals surface area contributed by atoms with Gasteiger partial charge < -0.3 is 16.4 Å². The molecule has 0 saturated carbocycles. The van der Waals surface area contributed by atoms with Crippen LogP contribution in [0.4, 0.5) is 25.8 Å². The highest BCUT2D eigenvalue weighted by Crippen LogP contribution is 2.31. The van der Waals surface area contributed by atoms with Gasteiger partial charge in [-0.05, 0) is 35.9 Å². The molecule has 0 aromatic heterocycles. The number of fused-ring (bicyclic) bond motifs is 1. The molecule has 3 rings (SSSR count). The summed E-state index contributed by atoms with van der Waals surface area (Å²) in [4.78, 5) is 11.3. The molecule has 1 aliphatic heterocycles. The van der Waals surface area contributed by atoms with Gasteiger partial charge in [-0.25, -0.2) is 8.78 Å². The number of hydrogen-bond acceptors (Lipinski definition) is 3. The molecule has 1 heterocycles. The first-order chi connectivity index (χ1) is 10.0. The van der Waals surface area contributed by atoms with Crippen LogP contribution in [0.15, 0.2) is 30.3 Å². The molecule has 4 N–H and O–H groups in total. The monoisotopic (exact) mass is 289 g/mol. The molecule has 0 radical (unpaired) electrons. The van der Waals surface area contributed by atoms with E-state index in [9.17, 15) is 13.6 Å². The van der Waals surface area contributed by atoms with Crippen molar-refractivity contribution in [2.45, 2.75) is 13.0 Å². The van der Waals surface area contributed by atoms with Gasteiger partial charge in [0.15, 0.2) is 0 Å². The van der Waals surface area contributed by atoms with Crippen molar-refractivity contribution in [3.63, 3.8) is 0 Å². The maximum atomic E-state index is 13.5. The van der Waals surface area contributed by atoms with E-state index in [1.54, 1.807) is 12.1 Å². The second-order valence-electron chi connectivity index (χ2n) is 4.91. The van der Waals surface area contributed by atoms with E-state index in [2.05, 4.69) is 10.6 Å². The van der Waals surface area contributed by atoms with Crippen LogP contribution in [0, 0.1) is 11.6 Å². The molecule has 2 aromatic rings. The third-order valence-corrected chi connectivity index (χ3v) is 3.38. The van der Waals surface area contributed by atoms with Crippen LogP contribution in [0.1, 0.15) is 11.1 Å². The van der Waals surface area contributed by atoms with E-state index in [1.165, 1.54) is 0 Å². The molecule has 4 nitrogen and oxygen atoms in total. The maximum absolute atomic E-state index is 13.5. The van der Waals surface area contributed by atoms with Crippen LogP contribution in [0.25, 0.3) is 0 Å². The number of anilines is 3. The zero-order valence-electron chi connectivity index (χ0n) is 11.0. The fourth-order valence-corrected chi connectivity index (χ4v) is 2.32. The number of carbonyl (C=O) groups is 1. The molecular formula is C15H13F2N3O. The van der Waals surface area contributed by atoms with Gasteiger partial charge in [-0.1, -0.05) is 0 Å². The van der Waals surface area contributed by atoms with E-state index in [1.807, 2.05) is 0 Å². The normalized spacial score (nSPS) is 13.0. The van der Waals surface area contributed by atoms with Crippen molar-refractivity contribution in [3.05, 3.63) is 53.1 Å². The summed E-state index contributed by atoms with van der Waals surface area (Å²) in [7, 11) is 0. The Kier molecular flexibility index (Phi) is 3.21. The van der Waals surface area contributed by atoms with Crippen molar-refractivity contribution >= 4 is 23.0 Å². The van der Waals surface area contributed by atoms with Crippen LogP contribution in [-0.4, -0.2) is 5.91 Å². The zero-order chi connectivity index (χ0) is 15.0. The minimum Gasteiger partial charge on any atom is -0.397 e. The Bertz CT molecular complexity index is 731. The molecule has 0 atom stereocenters. The molecule has 0 spiro atoms. The second kappa shape index (κ2) is 5.05. The summed E-state index contributed by atoms with van der Waals surface area (Å²) in [6, 6.07) is 6.69. The number of nitrogen functional groups attached to an aromatic ring is 1. The molecule has 0 aliphatic carbocycles. The number of halogens is 2. The van der Waals surface area contributed by atoms with Crippen LogP contribution >= 0.6 is 0 Å². The van der Waals surface area contributed by atoms with Gasteiger partial charge in [-0.3, -0.25) is 4.79 Å². The van der Waals surface area contributed by atoms with Gasteiger partial charge >= 0.3 is 0 Å². The number of nitrogens with two attached hydrogens (primary N) is 1. The first kappa shape index (κ1) is 13.4. The molecule has 21 heavy (non-hydrogen) atoms. The Balaban J connectivity index is 1.81. The molecular weight excluding hydrogens is 276 g/mol. The van der Waals surface area contributed by atoms with Crippen molar-refractivity contribution in [2.75, 3.05) is 16.4 Å². The number of hydrogen-bond donors (Lipinski definition) is 3. The van der Waals surface area contributed by atoms with Gasteiger partial charge in [0.25, 0.3) is 0 Å². The van der Waals surface area contributed by atoms with E-state index in [4.69, 9.17) is 5.73 Å². The van der Waals surface area contributed by atoms with Gasteiger partial charge in [0.05, 0.1) is 17.8 Å². The summed E-state index contributed by atoms with van der Waals surface area (Å²) in [5.74, 6) is -1.07. The Hall–Kier alpha value is -2.63. The number of amides is 1. The van der Waals surface area contributed by atoms with Crippen LogP contribution in [0.2, 0.25) is 0 Å². The molecule has 2 aromatic carbocycles. The molecule has 0 fully saturated rings. The van der Waals surface area contributed by atoms with Gasteiger partial charge in [0.1, 0.15) is 11.6 Å². The number of nitrogens with one attached hydrogen (secondary N) is 2. The Morgan fingerprint density at radius 2 is 2.05 bits per heavy atom. The third kappa shape index (κ3) is 2.65. The topological polar surface area (TPSA) is 67.2 Å². The smallest absolute Gasteiger partial charge is 0.228 e. The summed E-state index contributed by atoms with van der Waals surface area (Å²) in [5.41, 5.74) is 8.66. The lowest BCUT2D eigenvalue weighted by Gasteiger charge is -2.12. The molecule has 0 bridgehead atoms. The average Bonchev–Trinajstić information content (AvgIpc) is 2.78. The van der Waals surface area contributed by atoms with Gasteiger partial charge in [0, 0.05) is 17.8 Å².